The first-order valence-electron chi connectivity index (χ1n) is 9.21. The molecule has 2 fully saturated rings. The van der Waals surface area contributed by atoms with Gasteiger partial charge in [0, 0.05) is 54.9 Å². The zero-order chi connectivity index (χ0) is 19.5. The summed E-state index contributed by atoms with van der Waals surface area (Å²) >= 11 is 12.1. The first kappa shape index (κ1) is 19.4. The van der Waals surface area contributed by atoms with Crippen molar-refractivity contribution in [1.82, 2.24) is 19.9 Å². The van der Waals surface area contributed by atoms with Crippen molar-refractivity contribution >= 4 is 35.1 Å². The molecule has 2 aliphatic rings. The van der Waals surface area contributed by atoms with Crippen LogP contribution in [0.25, 0.3) is 11.4 Å². The van der Waals surface area contributed by atoms with Crippen molar-refractivity contribution < 1.29 is 14.1 Å². The molecule has 28 heavy (non-hydrogen) atoms. The highest BCUT2D eigenvalue weighted by atomic mass is 35.5. The second-order valence-corrected chi connectivity index (χ2v) is 7.69. The van der Waals surface area contributed by atoms with Gasteiger partial charge < -0.3 is 19.1 Å². The van der Waals surface area contributed by atoms with E-state index >= 15 is 0 Å². The predicted octanol–water partition coefficient (Wildman–Crippen LogP) is 2.02. The van der Waals surface area contributed by atoms with Gasteiger partial charge in [-0.3, -0.25) is 9.69 Å². The van der Waals surface area contributed by atoms with Gasteiger partial charge in [-0.15, -0.1) is 0 Å². The maximum Gasteiger partial charge on any atom is 0.324 e. The van der Waals surface area contributed by atoms with E-state index in [9.17, 15) is 4.79 Å². The lowest BCUT2D eigenvalue weighted by Crippen LogP contribution is -2.51. The molecule has 0 radical (unpaired) electrons. The molecule has 2 aliphatic heterocycles. The third kappa shape index (κ3) is 4.57. The molecule has 1 amide bonds. The Kier molecular flexibility index (Phi) is 6.01. The zero-order valence-corrected chi connectivity index (χ0v) is 16.8. The van der Waals surface area contributed by atoms with Crippen molar-refractivity contribution in [2.45, 2.75) is 0 Å². The molecule has 2 saturated heterocycles. The number of carbonyl (C=O) groups excluding carboxylic acids is 1. The van der Waals surface area contributed by atoms with Crippen LogP contribution in [0.1, 0.15) is 0 Å². The zero-order valence-electron chi connectivity index (χ0n) is 15.3. The normalized spacial score (nSPS) is 18.5. The number of hydrogen-bond acceptors (Lipinski definition) is 7. The first-order valence-corrected chi connectivity index (χ1v) is 9.97. The molecule has 2 aromatic rings. The number of hydrogen-bond donors (Lipinski definition) is 0. The van der Waals surface area contributed by atoms with Gasteiger partial charge in [0.15, 0.2) is 0 Å². The number of amides is 1. The van der Waals surface area contributed by atoms with Gasteiger partial charge in [0.25, 0.3) is 0 Å². The highest BCUT2D eigenvalue weighted by Gasteiger charge is 2.25. The SMILES string of the molecule is O=C(CN1CCN(c2nc(-c3cc(Cl)cc(Cl)c3)no2)CC1)N1CCOCC1. The van der Waals surface area contributed by atoms with Gasteiger partial charge in [-0.1, -0.05) is 28.4 Å². The first-order chi connectivity index (χ1) is 13.6. The molecule has 0 N–H and O–H groups in total. The summed E-state index contributed by atoms with van der Waals surface area (Å²) in [6.45, 7) is 5.99. The van der Waals surface area contributed by atoms with Crippen molar-refractivity contribution in [3.05, 3.63) is 28.2 Å². The van der Waals surface area contributed by atoms with Gasteiger partial charge in [-0.2, -0.15) is 4.98 Å². The van der Waals surface area contributed by atoms with Crippen LogP contribution in [0.4, 0.5) is 6.01 Å². The minimum absolute atomic E-state index is 0.162. The fourth-order valence-electron chi connectivity index (χ4n) is 3.35. The maximum absolute atomic E-state index is 12.4. The molecule has 0 unspecified atom stereocenters. The summed E-state index contributed by atoms with van der Waals surface area (Å²) in [5, 5.41) is 5.08. The lowest BCUT2D eigenvalue weighted by atomic mass is 10.2. The van der Waals surface area contributed by atoms with E-state index < -0.39 is 0 Å². The molecule has 0 bridgehead atoms. The molecule has 1 aromatic heterocycles. The van der Waals surface area contributed by atoms with E-state index in [1.165, 1.54) is 0 Å². The van der Waals surface area contributed by atoms with E-state index in [0.29, 0.717) is 73.4 Å². The van der Waals surface area contributed by atoms with Crippen LogP contribution in [0.2, 0.25) is 10.0 Å². The van der Waals surface area contributed by atoms with Crippen molar-refractivity contribution in [2.75, 3.05) is 63.9 Å². The van der Waals surface area contributed by atoms with Gasteiger partial charge in [0.05, 0.1) is 19.8 Å². The fourth-order valence-corrected chi connectivity index (χ4v) is 3.87. The summed E-state index contributed by atoms with van der Waals surface area (Å²) in [5.41, 5.74) is 0.710. The standard InChI is InChI=1S/C18H21Cl2N5O3/c19-14-9-13(10-15(20)11-14)17-21-18(28-22-17)25-3-1-23(2-4-25)12-16(26)24-5-7-27-8-6-24/h9-11H,1-8,12H2. The van der Waals surface area contributed by atoms with Gasteiger partial charge in [-0.05, 0) is 18.2 Å². The topological polar surface area (TPSA) is 74.9 Å². The van der Waals surface area contributed by atoms with Gasteiger partial charge in [0.1, 0.15) is 0 Å². The number of aromatic nitrogens is 2. The Labute approximate surface area is 172 Å². The van der Waals surface area contributed by atoms with Crippen LogP contribution in [-0.2, 0) is 9.53 Å². The number of nitrogens with zero attached hydrogens (tertiary/aromatic N) is 5. The van der Waals surface area contributed by atoms with Crippen molar-refractivity contribution in [2.24, 2.45) is 0 Å². The Morgan fingerprint density at radius 1 is 1.00 bits per heavy atom. The molecular weight excluding hydrogens is 405 g/mol. The Morgan fingerprint density at radius 3 is 2.36 bits per heavy atom. The Bertz CT molecular complexity index is 812. The van der Waals surface area contributed by atoms with Crippen LogP contribution in [0, 0.1) is 0 Å². The van der Waals surface area contributed by atoms with Gasteiger partial charge in [0.2, 0.25) is 11.7 Å². The smallest absolute Gasteiger partial charge is 0.324 e. The largest absolute Gasteiger partial charge is 0.378 e. The number of rotatable bonds is 4. The Balaban J connectivity index is 1.33. The summed E-state index contributed by atoms with van der Waals surface area (Å²) in [7, 11) is 0. The van der Waals surface area contributed by atoms with Crippen LogP contribution in [0.15, 0.2) is 22.7 Å². The van der Waals surface area contributed by atoms with E-state index in [1.807, 2.05) is 9.80 Å². The van der Waals surface area contributed by atoms with E-state index in [4.69, 9.17) is 32.5 Å². The molecular formula is C18H21Cl2N5O3. The summed E-state index contributed by atoms with van der Waals surface area (Å²) in [6, 6.07) is 5.62. The summed E-state index contributed by atoms with van der Waals surface area (Å²) < 4.78 is 10.7. The van der Waals surface area contributed by atoms with Crippen molar-refractivity contribution in [3.63, 3.8) is 0 Å². The minimum atomic E-state index is 0.162. The van der Waals surface area contributed by atoms with E-state index in [2.05, 4.69) is 15.0 Å². The molecule has 150 valence electrons. The Morgan fingerprint density at radius 2 is 1.68 bits per heavy atom. The lowest BCUT2D eigenvalue weighted by molar-refractivity contribution is -0.136. The van der Waals surface area contributed by atoms with Gasteiger partial charge >= 0.3 is 6.01 Å². The van der Waals surface area contributed by atoms with Crippen LogP contribution in [-0.4, -0.2) is 84.9 Å². The average molecular weight is 426 g/mol. The molecule has 0 aliphatic carbocycles. The van der Waals surface area contributed by atoms with Crippen LogP contribution in [0.5, 0.6) is 0 Å². The number of halogens is 2. The number of benzene rings is 1. The quantitative estimate of drug-likeness (QED) is 0.741. The molecule has 10 heteroatoms. The highest BCUT2D eigenvalue weighted by Crippen LogP contribution is 2.27. The fraction of sp³-hybridized carbons (Fsp3) is 0.500. The predicted molar refractivity (Wildman–Crippen MR) is 106 cm³/mol. The van der Waals surface area contributed by atoms with Crippen LogP contribution in [0.3, 0.4) is 0 Å². The Hall–Kier alpha value is -1.87. The monoisotopic (exact) mass is 425 g/mol. The van der Waals surface area contributed by atoms with E-state index in [0.717, 1.165) is 13.1 Å². The van der Waals surface area contributed by atoms with Crippen LogP contribution < -0.4 is 4.90 Å². The molecule has 1 aromatic carbocycles. The number of carbonyl (C=O) groups is 1. The molecule has 0 spiro atoms. The third-order valence-electron chi connectivity index (χ3n) is 4.90. The summed E-state index contributed by atoms with van der Waals surface area (Å²) in [5.74, 6) is 0.610. The number of ether oxygens (including phenoxy) is 1. The molecule has 0 saturated carbocycles. The maximum atomic E-state index is 12.4. The molecule has 8 nitrogen and oxygen atoms in total. The molecule has 3 heterocycles. The second kappa shape index (κ2) is 8.65. The lowest BCUT2D eigenvalue weighted by Gasteiger charge is -2.35. The molecule has 0 atom stereocenters. The average Bonchev–Trinajstić information content (AvgIpc) is 3.19. The number of morpholine rings is 1. The second-order valence-electron chi connectivity index (χ2n) is 6.82. The van der Waals surface area contributed by atoms with E-state index in [-0.39, 0.29) is 5.91 Å². The molecule has 4 rings (SSSR count). The van der Waals surface area contributed by atoms with Crippen LogP contribution >= 0.6 is 23.2 Å². The van der Waals surface area contributed by atoms with Crippen molar-refractivity contribution in [1.29, 1.82) is 0 Å². The summed E-state index contributed by atoms with van der Waals surface area (Å²) in [6.07, 6.45) is 0. The summed E-state index contributed by atoms with van der Waals surface area (Å²) in [4.78, 5) is 22.9. The third-order valence-corrected chi connectivity index (χ3v) is 5.34. The van der Waals surface area contributed by atoms with E-state index in [1.54, 1.807) is 18.2 Å². The number of piperazine rings is 1. The minimum Gasteiger partial charge on any atom is -0.378 e. The van der Waals surface area contributed by atoms with Gasteiger partial charge in [-0.25, -0.2) is 0 Å². The van der Waals surface area contributed by atoms with Crippen molar-refractivity contribution in [3.8, 4) is 11.4 Å². The highest BCUT2D eigenvalue weighted by molar-refractivity contribution is 6.35. The number of anilines is 1.